The Balaban J connectivity index is 2.41. The number of aliphatic hydroxyl groups is 2. The second-order valence-corrected chi connectivity index (χ2v) is 25.9. The van der Waals surface area contributed by atoms with Crippen molar-refractivity contribution < 1.29 is 23.4 Å². The van der Waals surface area contributed by atoms with Crippen LogP contribution in [0.1, 0.15) is 54.2 Å². The van der Waals surface area contributed by atoms with E-state index in [0.29, 0.717) is 5.95 Å². The average molecular weight is 573 g/mol. The molecular formula is C24H44N4O6SSi2. The fourth-order valence-corrected chi connectivity index (χ4v) is 15.7. The van der Waals surface area contributed by atoms with E-state index < -0.39 is 50.3 Å². The molecule has 0 bridgehead atoms. The van der Waals surface area contributed by atoms with Crippen LogP contribution >= 0.6 is 0 Å². The summed E-state index contributed by atoms with van der Waals surface area (Å²) in [6.45, 7) is 22.0. The van der Waals surface area contributed by atoms with Crippen molar-refractivity contribution in [2.45, 2.75) is 108 Å². The molecule has 210 valence electrons. The Bertz CT molecular complexity index is 1310. The van der Waals surface area contributed by atoms with Crippen molar-refractivity contribution in [2.24, 2.45) is 0 Å². The minimum absolute atomic E-state index is 0.0257. The zero-order chi connectivity index (χ0) is 28.5. The monoisotopic (exact) mass is 572 g/mol. The molecule has 3 rings (SSSR count). The lowest BCUT2D eigenvalue weighted by Gasteiger charge is -2.57. The zero-order valence-electron chi connectivity index (χ0n) is 24.0. The number of aliphatic hydroxyl groups excluding tert-OH is 2. The van der Waals surface area contributed by atoms with Crippen molar-refractivity contribution >= 4 is 43.3 Å². The molecule has 1 aliphatic rings. The first-order valence-corrected chi connectivity index (χ1v) is 20.4. The molecule has 0 radical (unpaired) electrons. The first-order chi connectivity index (χ1) is 16.6. The highest BCUT2D eigenvalue weighted by molar-refractivity contribution is 7.91. The van der Waals surface area contributed by atoms with Gasteiger partial charge in [-0.1, -0.05) is 67.7 Å². The number of aromatic amines is 1. The van der Waals surface area contributed by atoms with E-state index in [0.717, 1.165) is 6.26 Å². The number of H-pyrrole nitrogens is 1. The van der Waals surface area contributed by atoms with Gasteiger partial charge in [0.2, 0.25) is 0 Å². The van der Waals surface area contributed by atoms with Crippen molar-refractivity contribution in [2.75, 3.05) is 17.1 Å². The molecule has 0 aliphatic carbocycles. The fraction of sp³-hybridized carbons (Fsp3) is 0.750. The van der Waals surface area contributed by atoms with Gasteiger partial charge in [0.1, 0.15) is 34.2 Å². The Morgan fingerprint density at radius 2 is 1.65 bits per heavy atom. The van der Waals surface area contributed by atoms with Gasteiger partial charge in [-0.05, 0) is 10.1 Å². The van der Waals surface area contributed by atoms with Crippen LogP contribution in [0.2, 0.25) is 36.3 Å². The molecule has 1 fully saturated rings. The summed E-state index contributed by atoms with van der Waals surface area (Å²) in [6, 6.07) is 0. The molecule has 0 unspecified atom stereocenters. The summed E-state index contributed by atoms with van der Waals surface area (Å²) in [7, 11) is -8.39. The molecule has 0 spiro atoms. The smallest absolute Gasteiger partial charge is 0.263 e. The number of rotatable bonds is 6. The number of hydrogen-bond acceptors (Lipinski definition) is 8. The average Bonchev–Trinajstić information content (AvgIpc) is 3.26. The summed E-state index contributed by atoms with van der Waals surface area (Å²) in [4.78, 5) is 21.4. The summed E-state index contributed by atoms with van der Waals surface area (Å²) in [5.74, 6) is 0.437. The van der Waals surface area contributed by atoms with Crippen LogP contribution < -0.4 is 9.79 Å². The molecule has 3 heterocycles. The number of nitrogens with zero attached hydrogens (tertiary/aromatic N) is 3. The van der Waals surface area contributed by atoms with Crippen molar-refractivity contribution in [1.29, 1.82) is 0 Å². The number of aromatic nitrogens is 3. The van der Waals surface area contributed by atoms with Crippen molar-refractivity contribution in [1.82, 2.24) is 14.5 Å². The fourth-order valence-electron chi connectivity index (χ4n) is 4.67. The quantitative estimate of drug-likeness (QED) is 0.447. The number of fused-ring (bicyclic) bond motifs is 1. The highest BCUT2D eigenvalue weighted by atomic mass is 32.2. The third-order valence-corrected chi connectivity index (χ3v) is 23.2. The van der Waals surface area contributed by atoms with E-state index >= 15 is 0 Å². The summed E-state index contributed by atoms with van der Waals surface area (Å²) in [5.41, 5.74) is -0.337. The molecule has 3 atom stereocenters. The number of ether oxygens (including phenoxy) is 1. The summed E-state index contributed by atoms with van der Waals surface area (Å²) >= 11 is 0. The van der Waals surface area contributed by atoms with Crippen LogP contribution in [-0.4, -0.2) is 74.7 Å². The number of anilines is 1. The van der Waals surface area contributed by atoms with Gasteiger partial charge in [-0.15, -0.1) is 0 Å². The van der Waals surface area contributed by atoms with E-state index in [1.165, 1.54) is 10.8 Å². The molecular weight excluding hydrogens is 529 g/mol. The first kappa shape index (κ1) is 30.0. The maximum absolute atomic E-state index is 13.6. The normalized spacial score (nSPS) is 22.1. The molecule has 0 amide bonds. The van der Waals surface area contributed by atoms with Crippen LogP contribution in [0.5, 0.6) is 0 Å². The van der Waals surface area contributed by atoms with Crippen LogP contribution in [0.3, 0.4) is 0 Å². The predicted molar refractivity (Wildman–Crippen MR) is 152 cm³/mol. The largest absolute Gasteiger partial charge is 0.394 e. The molecule has 0 aromatic carbocycles. The third-order valence-electron chi connectivity index (χ3n) is 8.73. The van der Waals surface area contributed by atoms with Crippen LogP contribution in [0.25, 0.3) is 11.0 Å². The van der Waals surface area contributed by atoms with Crippen LogP contribution in [0, 0.1) is 0 Å². The Morgan fingerprint density at radius 3 is 2.05 bits per heavy atom. The van der Waals surface area contributed by atoms with Crippen LogP contribution in [-0.2, 0) is 14.6 Å². The lowest BCUT2D eigenvalue weighted by Crippen LogP contribution is -2.69. The lowest BCUT2D eigenvalue weighted by molar-refractivity contribution is -0.0431. The van der Waals surface area contributed by atoms with Gasteiger partial charge in [0.05, 0.1) is 17.6 Å². The topological polar surface area (TPSA) is 138 Å². The standard InChI is InChI=1S/C24H44N4O6SSi2/c1-23(2,3)36(8,9)28(37(10,11)24(4,5)6)22-25-20-19(21(31)26-22)17(35(7,32)33)13-27(20)18-12-15(30)16(14-29)34-18/h13,15-16,18,29-30H,12,14H2,1-11H3,(H,25,26,31)/t15-,16+,18+/m0/s1. The van der Waals surface area contributed by atoms with E-state index in [-0.39, 0.29) is 39.0 Å². The number of hydrogen-bond donors (Lipinski definition) is 3. The SMILES string of the molecule is CC(C)(C)[Si](C)(C)N(c1nc2c(c(S(C)(=O)=O)cn2[C@H]2C[C@H](O)[C@@H](CO)O2)c(=O)[nH]1)[Si](C)(C)C(C)(C)C. The Kier molecular flexibility index (Phi) is 7.55. The van der Waals surface area contributed by atoms with E-state index in [2.05, 4.69) is 76.9 Å². The molecule has 1 aliphatic heterocycles. The molecule has 1 saturated heterocycles. The predicted octanol–water partition coefficient (Wildman–Crippen LogP) is 3.59. The molecule has 2 aromatic rings. The van der Waals surface area contributed by atoms with Gasteiger partial charge in [-0.3, -0.25) is 9.78 Å². The minimum atomic E-state index is -3.77. The second-order valence-electron chi connectivity index (χ2n) is 13.3. The molecule has 2 aromatic heterocycles. The van der Waals surface area contributed by atoms with Crippen molar-refractivity contribution in [3.05, 3.63) is 16.6 Å². The first-order valence-electron chi connectivity index (χ1n) is 12.7. The van der Waals surface area contributed by atoms with Crippen LogP contribution in [0.4, 0.5) is 5.95 Å². The van der Waals surface area contributed by atoms with Gasteiger partial charge in [0, 0.05) is 18.9 Å². The van der Waals surface area contributed by atoms with E-state index in [9.17, 15) is 23.4 Å². The van der Waals surface area contributed by atoms with Gasteiger partial charge in [0.25, 0.3) is 5.56 Å². The van der Waals surface area contributed by atoms with Gasteiger partial charge in [0.15, 0.2) is 21.4 Å². The van der Waals surface area contributed by atoms with E-state index in [1.807, 2.05) is 0 Å². The summed E-state index contributed by atoms with van der Waals surface area (Å²) < 4.78 is 35.2. The van der Waals surface area contributed by atoms with Gasteiger partial charge < -0.3 is 23.7 Å². The second kappa shape index (κ2) is 9.30. The van der Waals surface area contributed by atoms with Crippen LogP contribution in [0.15, 0.2) is 15.9 Å². The lowest BCUT2D eigenvalue weighted by atomic mass is 10.2. The van der Waals surface area contributed by atoms with Crippen molar-refractivity contribution in [3.8, 4) is 0 Å². The Labute approximate surface area is 222 Å². The maximum Gasteiger partial charge on any atom is 0.263 e. The maximum atomic E-state index is 13.6. The molecule has 0 saturated carbocycles. The van der Waals surface area contributed by atoms with Gasteiger partial charge >= 0.3 is 0 Å². The van der Waals surface area contributed by atoms with Gasteiger partial charge in [-0.2, -0.15) is 4.98 Å². The summed E-state index contributed by atoms with van der Waals surface area (Å²) in [6.07, 6.45) is 0.0508. The number of nitrogens with one attached hydrogen (secondary N) is 1. The Hall–Kier alpha value is -1.52. The molecule has 10 nitrogen and oxygen atoms in total. The zero-order valence-corrected chi connectivity index (χ0v) is 26.8. The minimum Gasteiger partial charge on any atom is -0.394 e. The Morgan fingerprint density at radius 1 is 1.14 bits per heavy atom. The van der Waals surface area contributed by atoms with E-state index in [4.69, 9.17) is 9.72 Å². The molecule has 13 heteroatoms. The summed E-state index contributed by atoms with van der Waals surface area (Å²) in [5, 5.41) is 19.8. The third kappa shape index (κ3) is 5.10. The van der Waals surface area contributed by atoms with E-state index in [1.54, 1.807) is 0 Å². The van der Waals surface area contributed by atoms with Gasteiger partial charge in [-0.25, -0.2) is 8.42 Å². The highest BCUT2D eigenvalue weighted by Crippen LogP contribution is 2.48. The molecule has 3 N–H and O–H groups in total. The van der Waals surface area contributed by atoms with Crippen molar-refractivity contribution in [3.63, 3.8) is 0 Å². The highest BCUT2D eigenvalue weighted by Gasteiger charge is 2.53. The number of sulfone groups is 1. The molecule has 37 heavy (non-hydrogen) atoms.